The molecule has 10 heteroatoms. The molecule has 1 fully saturated rings. The third kappa shape index (κ3) is 6.80. The lowest BCUT2D eigenvalue weighted by atomic mass is 10.00. The van der Waals surface area contributed by atoms with Crippen LogP contribution in [0.1, 0.15) is 33.6 Å². The summed E-state index contributed by atoms with van der Waals surface area (Å²) < 4.78 is 38.3. The molecule has 28 heavy (non-hydrogen) atoms. The highest BCUT2D eigenvalue weighted by Gasteiger charge is 2.23. The number of carbonyl (C=O) groups is 1. The third-order valence-corrected chi connectivity index (χ3v) is 5.75. The molecule has 160 valence electrons. The molecule has 0 bridgehead atoms. The normalized spacial score (nSPS) is 19.4. The second-order valence-corrected chi connectivity index (χ2v) is 8.13. The number of sulfonamides is 1. The minimum Gasteiger partial charge on any atom is -0.490 e. The summed E-state index contributed by atoms with van der Waals surface area (Å²) in [5.41, 5.74) is 0. The van der Waals surface area contributed by atoms with Crippen molar-refractivity contribution in [2.45, 2.75) is 50.6 Å². The predicted octanol–water partition coefficient (Wildman–Crippen LogP) is 1.44. The molecular weight excluding hydrogens is 406 g/mol. The predicted molar refractivity (Wildman–Crippen MR) is 110 cm³/mol. The lowest BCUT2D eigenvalue weighted by molar-refractivity contribution is -0.121. The van der Waals surface area contributed by atoms with Gasteiger partial charge in [-0.05, 0) is 52.3 Å². The highest BCUT2D eigenvalue weighted by molar-refractivity contribution is 7.89. The first-order valence-electron chi connectivity index (χ1n) is 9.29. The van der Waals surface area contributed by atoms with Gasteiger partial charge in [0.1, 0.15) is 0 Å². The zero-order valence-electron chi connectivity index (χ0n) is 16.5. The van der Waals surface area contributed by atoms with Gasteiger partial charge in [0.05, 0.1) is 24.7 Å². The van der Waals surface area contributed by atoms with Crippen LogP contribution in [0.15, 0.2) is 23.1 Å². The van der Waals surface area contributed by atoms with E-state index in [1.54, 1.807) is 13.0 Å². The fourth-order valence-electron chi connectivity index (χ4n) is 2.94. The number of amides is 1. The summed E-state index contributed by atoms with van der Waals surface area (Å²) in [6.45, 7) is 7.09. The number of ether oxygens (including phenoxy) is 2. The van der Waals surface area contributed by atoms with E-state index in [2.05, 4.69) is 15.4 Å². The Labute approximate surface area is 173 Å². The van der Waals surface area contributed by atoms with Crippen molar-refractivity contribution in [3.8, 4) is 11.5 Å². The highest BCUT2D eigenvalue weighted by Crippen LogP contribution is 2.30. The van der Waals surface area contributed by atoms with Crippen molar-refractivity contribution in [3.05, 3.63) is 18.2 Å². The smallest absolute Gasteiger partial charge is 0.241 e. The van der Waals surface area contributed by atoms with Crippen LogP contribution in [-0.4, -0.2) is 52.7 Å². The molecule has 0 saturated carbocycles. The molecule has 2 atom stereocenters. The molecular formula is C18H30ClN3O5S. The van der Waals surface area contributed by atoms with Gasteiger partial charge in [-0.2, -0.15) is 0 Å². The van der Waals surface area contributed by atoms with Crippen molar-refractivity contribution in [2.75, 3.05) is 26.3 Å². The number of nitrogens with one attached hydrogen (secondary N) is 3. The number of rotatable bonds is 9. The molecule has 0 spiro atoms. The van der Waals surface area contributed by atoms with E-state index in [-0.39, 0.29) is 41.8 Å². The maximum absolute atomic E-state index is 12.5. The van der Waals surface area contributed by atoms with Gasteiger partial charge in [0.2, 0.25) is 15.9 Å². The van der Waals surface area contributed by atoms with Gasteiger partial charge in [-0.15, -0.1) is 12.4 Å². The molecule has 1 aliphatic rings. The topological polar surface area (TPSA) is 106 Å². The van der Waals surface area contributed by atoms with Gasteiger partial charge in [-0.3, -0.25) is 4.79 Å². The lowest BCUT2D eigenvalue weighted by Crippen LogP contribution is -2.53. The van der Waals surface area contributed by atoms with Crippen LogP contribution in [0.5, 0.6) is 11.5 Å². The molecule has 1 aromatic carbocycles. The van der Waals surface area contributed by atoms with E-state index in [1.807, 2.05) is 13.8 Å². The molecule has 0 radical (unpaired) electrons. The fraction of sp³-hybridized carbons (Fsp3) is 0.611. The SMILES string of the molecule is CCOc1ccc(S(=O)(=O)NCC(=O)NC2CCCNC2C)cc1OCC.Cl. The third-order valence-electron chi connectivity index (χ3n) is 4.36. The Kier molecular flexibility index (Phi) is 10.0. The fourth-order valence-corrected chi connectivity index (χ4v) is 3.94. The van der Waals surface area contributed by atoms with Crippen LogP contribution in [0, 0.1) is 0 Å². The van der Waals surface area contributed by atoms with Crippen LogP contribution in [0.2, 0.25) is 0 Å². The van der Waals surface area contributed by atoms with Gasteiger partial charge < -0.3 is 20.1 Å². The summed E-state index contributed by atoms with van der Waals surface area (Å²) >= 11 is 0. The minimum atomic E-state index is -3.84. The molecule has 0 aromatic heterocycles. The van der Waals surface area contributed by atoms with Crippen LogP contribution < -0.4 is 24.8 Å². The van der Waals surface area contributed by atoms with Crippen LogP contribution in [0.3, 0.4) is 0 Å². The largest absolute Gasteiger partial charge is 0.490 e. The van der Waals surface area contributed by atoms with Gasteiger partial charge in [0, 0.05) is 18.2 Å². The van der Waals surface area contributed by atoms with E-state index in [0.29, 0.717) is 24.7 Å². The van der Waals surface area contributed by atoms with Crippen molar-refractivity contribution >= 4 is 28.3 Å². The quantitative estimate of drug-likeness (QED) is 0.542. The van der Waals surface area contributed by atoms with Crippen molar-refractivity contribution in [1.29, 1.82) is 0 Å². The van der Waals surface area contributed by atoms with E-state index in [1.165, 1.54) is 12.1 Å². The number of benzene rings is 1. The first kappa shape index (κ1) is 24.5. The van der Waals surface area contributed by atoms with Crippen molar-refractivity contribution < 1.29 is 22.7 Å². The first-order chi connectivity index (χ1) is 12.9. The molecule has 0 aliphatic carbocycles. The Morgan fingerprint density at radius 2 is 1.89 bits per heavy atom. The second-order valence-electron chi connectivity index (χ2n) is 6.36. The number of carbonyl (C=O) groups excluding carboxylic acids is 1. The summed E-state index contributed by atoms with van der Waals surface area (Å²) in [4.78, 5) is 12.2. The second kappa shape index (κ2) is 11.5. The summed E-state index contributed by atoms with van der Waals surface area (Å²) in [5, 5.41) is 6.17. The summed E-state index contributed by atoms with van der Waals surface area (Å²) in [6.07, 6.45) is 1.86. The van der Waals surface area contributed by atoms with Crippen molar-refractivity contribution in [2.24, 2.45) is 0 Å². The Hall–Kier alpha value is -1.55. The molecule has 2 rings (SSSR count). The number of hydrogen-bond acceptors (Lipinski definition) is 6. The van der Waals surface area contributed by atoms with Crippen LogP contribution >= 0.6 is 12.4 Å². The molecule has 1 amide bonds. The zero-order valence-corrected chi connectivity index (χ0v) is 18.1. The van der Waals surface area contributed by atoms with Crippen LogP contribution in [0.4, 0.5) is 0 Å². The molecule has 8 nitrogen and oxygen atoms in total. The number of halogens is 1. The van der Waals surface area contributed by atoms with Gasteiger partial charge in [0.25, 0.3) is 0 Å². The molecule has 1 aliphatic heterocycles. The number of hydrogen-bond donors (Lipinski definition) is 3. The Bertz CT molecular complexity index is 745. The van der Waals surface area contributed by atoms with Gasteiger partial charge in [-0.25, -0.2) is 13.1 Å². The summed E-state index contributed by atoms with van der Waals surface area (Å²) in [6, 6.07) is 4.56. The minimum absolute atomic E-state index is 0. The Morgan fingerprint density at radius 3 is 2.54 bits per heavy atom. The van der Waals surface area contributed by atoms with Gasteiger partial charge >= 0.3 is 0 Å². The average molecular weight is 436 g/mol. The maximum atomic E-state index is 12.5. The van der Waals surface area contributed by atoms with Crippen LogP contribution in [-0.2, 0) is 14.8 Å². The van der Waals surface area contributed by atoms with Crippen molar-refractivity contribution in [1.82, 2.24) is 15.4 Å². The van der Waals surface area contributed by atoms with E-state index < -0.39 is 10.0 Å². The highest BCUT2D eigenvalue weighted by atomic mass is 35.5. The molecule has 1 aromatic rings. The van der Waals surface area contributed by atoms with Gasteiger partial charge in [0.15, 0.2) is 11.5 Å². The average Bonchev–Trinajstić information content (AvgIpc) is 2.64. The van der Waals surface area contributed by atoms with Crippen molar-refractivity contribution in [3.63, 3.8) is 0 Å². The molecule has 1 heterocycles. The Morgan fingerprint density at radius 1 is 1.21 bits per heavy atom. The van der Waals surface area contributed by atoms with E-state index >= 15 is 0 Å². The lowest BCUT2D eigenvalue weighted by Gasteiger charge is -2.30. The summed E-state index contributed by atoms with van der Waals surface area (Å²) in [7, 11) is -3.84. The summed E-state index contributed by atoms with van der Waals surface area (Å²) in [5.74, 6) is 0.485. The number of piperidine rings is 1. The van der Waals surface area contributed by atoms with Gasteiger partial charge in [-0.1, -0.05) is 0 Å². The standard InChI is InChI=1S/C18H29N3O5S.ClH/c1-4-25-16-9-8-14(11-17(16)26-5-2)27(23,24)20-12-18(22)21-15-7-6-10-19-13(15)3;/h8-9,11,13,15,19-20H,4-7,10,12H2,1-3H3,(H,21,22);1H. The molecule has 1 saturated heterocycles. The van der Waals surface area contributed by atoms with Crippen LogP contribution in [0.25, 0.3) is 0 Å². The Balaban J connectivity index is 0.00000392. The first-order valence-corrected chi connectivity index (χ1v) is 10.8. The van der Waals surface area contributed by atoms with E-state index in [9.17, 15) is 13.2 Å². The molecule has 2 unspecified atom stereocenters. The monoisotopic (exact) mass is 435 g/mol. The maximum Gasteiger partial charge on any atom is 0.241 e. The zero-order chi connectivity index (χ0) is 19.9. The van der Waals surface area contributed by atoms with E-state index in [4.69, 9.17) is 9.47 Å². The van der Waals surface area contributed by atoms with E-state index in [0.717, 1.165) is 19.4 Å². The molecule has 3 N–H and O–H groups in total.